The third-order valence-corrected chi connectivity index (χ3v) is 5.96. The molecular formula is C18H23ClN3O2-. The maximum Gasteiger partial charge on any atom is 0.269 e. The predicted molar refractivity (Wildman–Crippen MR) is 85.1 cm³/mol. The minimum Gasteiger partial charge on any atom is -1.00 e. The monoisotopic (exact) mass is 348 g/mol. The van der Waals surface area contributed by atoms with Crippen LogP contribution < -0.4 is 23.3 Å². The molecule has 1 aromatic rings. The summed E-state index contributed by atoms with van der Waals surface area (Å²) in [6, 6.07) is 3.25. The summed E-state index contributed by atoms with van der Waals surface area (Å²) < 4.78 is 0. The van der Waals surface area contributed by atoms with E-state index in [2.05, 4.69) is 15.8 Å². The molecule has 4 bridgehead atoms. The number of nitrogens with one attached hydrogen (secondary N) is 2. The first-order valence-electron chi connectivity index (χ1n) is 8.61. The van der Waals surface area contributed by atoms with E-state index < -0.39 is 0 Å². The van der Waals surface area contributed by atoms with Gasteiger partial charge in [-0.05, 0) is 73.8 Å². The number of nitrogens with zero attached hydrogens (tertiary/aromatic N) is 1. The highest BCUT2D eigenvalue weighted by atomic mass is 35.5. The van der Waals surface area contributed by atoms with Crippen LogP contribution in [0.15, 0.2) is 24.5 Å². The van der Waals surface area contributed by atoms with Crippen molar-refractivity contribution in [1.82, 2.24) is 15.8 Å². The molecule has 5 nitrogen and oxygen atoms in total. The van der Waals surface area contributed by atoms with Gasteiger partial charge in [-0.3, -0.25) is 25.4 Å². The fourth-order valence-electron chi connectivity index (χ4n) is 5.59. The lowest BCUT2D eigenvalue weighted by atomic mass is 9.49. The molecular weight excluding hydrogens is 326 g/mol. The molecule has 4 saturated carbocycles. The van der Waals surface area contributed by atoms with Crippen LogP contribution in [-0.4, -0.2) is 16.8 Å². The molecule has 0 atom stereocenters. The van der Waals surface area contributed by atoms with Gasteiger partial charge in [0.2, 0.25) is 5.91 Å². The largest absolute Gasteiger partial charge is 1.00 e. The van der Waals surface area contributed by atoms with Crippen LogP contribution in [0.4, 0.5) is 0 Å². The molecule has 2 amide bonds. The number of aromatic nitrogens is 1. The zero-order chi connectivity index (χ0) is 15.9. The lowest BCUT2D eigenvalue weighted by Gasteiger charge is -2.56. The summed E-state index contributed by atoms with van der Waals surface area (Å²) in [6.07, 6.45) is 11.4. The van der Waals surface area contributed by atoms with Crippen molar-refractivity contribution in [2.75, 3.05) is 0 Å². The third kappa shape index (κ3) is 3.41. The number of carbonyl (C=O) groups is 2. The lowest BCUT2D eigenvalue weighted by Crippen LogP contribution is -3.00. The quantitative estimate of drug-likeness (QED) is 0.720. The Hall–Kier alpha value is -1.62. The number of carbonyl (C=O) groups excluding carboxylic acids is 2. The molecule has 0 aliphatic heterocycles. The van der Waals surface area contributed by atoms with Gasteiger partial charge in [-0.2, -0.15) is 0 Å². The summed E-state index contributed by atoms with van der Waals surface area (Å²) in [6.45, 7) is 0. The Morgan fingerprint density at radius 2 is 1.54 bits per heavy atom. The van der Waals surface area contributed by atoms with Gasteiger partial charge in [0.25, 0.3) is 5.91 Å². The molecule has 6 heteroatoms. The van der Waals surface area contributed by atoms with Gasteiger partial charge < -0.3 is 12.4 Å². The molecule has 4 aliphatic carbocycles. The Balaban J connectivity index is 0.00000169. The van der Waals surface area contributed by atoms with Crippen LogP contribution in [0.3, 0.4) is 0 Å². The molecule has 4 aliphatic rings. The van der Waals surface area contributed by atoms with Gasteiger partial charge in [0.05, 0.1) is 0 Å². The van der Waals surface area contributed by atoms with Crippen molar-refractivity contribution in [3.63, 3.8) is 0 Å². The van der Waals surface area contributed by atoms with Crippen molar-refractivity contribution in [2.45, 2.75) is 44.9 Å². The second-order valence-electron chi connectivity index (χ2n) is 7.83. The molecule has 0 radical (unpaired) electrons. The smallest absolute Gasteiger partial charge is 0.269 e. The van der Waals surface area contributed by atoms with E-state index in [-0.39, 0.29) is 29.6 Å². The normalized spacial score (nSPS) is 32.8. The zero-order valence-electron chi connectivity index (χ0n) is 13.6. The van der Waals surface area contributed by atoms with Gasteiger partial charge in [0.15, 0.2) is 0 Å². The fraction of sp³-hybridized carbons (Fsp3) is 0.611. The van der Waals surface area contributed by atoms with Crippen LogP contribution in [0.25, 0.3) is 0 Å². The number of halogens is 1. The first-order valence-corrected chi connectivity index (χ1v) is 8.61. The fourth-order valence-corrected chi connectivity index (χ4v) is 5.59. The highest BCUT2D eigenvalue weighted by Crippen LogP contribution is 2.61. The Labute approximate surface area is 148 Å². The predicted octanol–water partition coefficient (Wildman–Crippen LogP) is -0.547. The molecule has 1 aromatic heterocycles. The van der Waals surface area contributed by atoms with Crippen LogP contribution in [0.5, 0.6) is 0 Å². The Morgan fingerprint density at radius 3 is 2.08 bits per heavy atom. The van der Waals surface area contributed by atoms with Gasteiger partial charge >= 0.3 is 0 Å². The second-order valence-corrected chi connectivity index (χ2v) is 7.83. The molecule has 130 valence electrons. The number of hydrazine groups is 1. The molecule has 0 aromatic carbocycles. The van der Waals surface area contributed by atoms with Crippen LogP contribution in [0, 0.1) is 23.2 Å². The summed E-state index contributed by atoms with van der Waals surface area (Å²) >= 11 is 0. The summed E-state index contributed by atoms with van der Waals surface area (Å²) in [5.41, 5.74) is 5.80. The summed E-state index contributed by atoms with van der Waals surface area (Å²) in [4.78, 5) is 28.2. The van der Waals surface area contributed by atoms with Gasteiger partial charge in [0, 0.05) is 24.4 Å². The lowest BCUT2D eigenvalue weighted by molar-refractivity contribution is -0.130. The van der Waals surface area contributed by atoms with Crippen LogP contribution in [-0.2, 0) is 4.79 Å². The topological polar surface area (TPSA) is 71.1 Å². The minimum atomic E-state index is -0.300. The number of pyridine rings is 1. The third-order valence-electron chi connectivity index (χ3n) is 5.96. The Morgan fingerprint density at radius 1 is 1.00 bits per heavy atom. The van der Waals surface area contributed by atoms with E-state index in [0.717, 1.165) is 17.8 Å². The number of amides is 2. The number of hydrogen-bond acceptors (Lipinski definition) is 3. The highest BCUT2D eigenvalue weighted by molar-refractivity contribution is 5.95. The van der Waals surface area contributed by atoms with Crippen molar-refractivity contribution in [3.8, 4) is 0 Å². The summed E-state index contributed by atoms with van der Waals surface area (Å²) in [5.74, 6) is 2.14. The summed E-state index contributed by atoms with van der Waals surface area (Å²) in [5, 5.41) is 0. The van der Waals surface area contributed by atoms with Crippen molar-refractivity contribution < 1.29 is 22.0 Å². The number of rotatable bonds is 3. The Bertz CT molecular complexity index is 585. The van der Waals surface area contributed by atoms with Gasteiger partial charge in [-0.25, -0.2) is 0 Å². The molecule has 4 fully saturated rings. The summed E-state index contributed by atoms with van der Waals surface area (Å²) in [7, 11) is 0. The maximum absolute atomic E-state index is 12.3. The van der Waals surface area contributed by atoms with E-state index in [4.69, 9.17) is 0 Å². The van der Waals surface area contributed by atoms with Crippen LogP contribution in [0.1, 0.15) is 55.3 Å². The van der Waals surface area contributed by atoms with Crippen molar-refractivity contribution in [2.24, 2.45) is 23.2 Å². The van der Waals surface area contributed by atoms with E-state index in [0.29, 0.717) is 12.0 Å². The van der Waals surface area contributed by atoms with E-state index in [1.807, 2.05) is 0 Å². The van der Waals surface area contributed by atoms with E-state index in [9.17, 15) is 9.59 Å². The molecule has 1 heterocycles. The molecule has 0 saturated heterocycles. The van der Waals surface area contributed by atoms with Crippen molar-refractivity contribution in [1.29, 1.82) is 0 Å². The average molecular weight is 349 g/mol. The average Bonchev–Trinajstić information content (AvgIpc) is 2.51. The van der Waals surface area contributed by atoms with Gasteiger partial charge in [-0.15, -0.1) is 0 Å². The molecule has 5 rings (SSSR count). The standard InChI is InChI=1S/C18H23N3O2.ClH/c22-16(20-21-17(23)15-1-3-19-4-2-15)11-18-8-12-5-13(9-18)7-14(6-12)10-18;/h1-4,12-14H,5-11H2,(H,20,22)(H,21,23);1H/p-1. The first-order chi connectivity index (χ1) is 11.1. The van der Waals surface area contributed by atoms with E-state index in [1.54, 1.807) is 24.5 Å². The number of hydrogen-bond donors (Lipinski definition) is 2. The van der Waals surface area contributed by atoms with Crippen molar-refractivity contribution >= 4 is 11.8 Å². The van der Waals surface area contributed by atoms with Gasteiger partial charge in [-0.1, -0.05) is 0 Å². The van der Waals surface area contributed by atoms with E-state index in [1.165, 1.54) is 38.5 Å². The molecule has 2 N–H and O–H groups in total. The van der Waals surface area contributed by atoms with Crippen LogP contribution >= 0.6 is 0 Å². The Kier molecular flexibility index (Phi) is 4.81. The molecule has 0 unspecified atom stereocenters. The van der Waals surface area contributed by atoms with Crippen molar-refractivity contribution in [3.05, 3.63) is 30.1 Å². The highest BCUT2D eigenvalue weighted by Gasteiger charge is 2.51. The minimum absolute atomic E-state index is 0. The maximum atomic E-state index is 12.3. The SMILES string of the molecule is O=C(CC12CC3CC(CC(C3)C1)C2)NNC(=O)c1ccncc1.[Cl-]. The van der Waals surface area contributed by atoms with E-state index >= 15 is 0 Å². The zero-order valence-corrected chi connectivity index (χ0v) is 14.4. The molecule has 0 spiro atoms. The second kappa shape index (κ2) is 6.71. The first kappa shape index (κ1) is 17.2. The molecule has 24 heavy (non-hydrogen) atoms. The van der Waals surface area contributed by atoms with Crippen LogP contribution in [0.2, 0.25) is 0 Å². The van der Waals surface area contributed by atoms with Gasteiger partial charge in [0.1, 0.15) is 0 Å².